The van der Waals surface area contributed by atoms with Crippen molar-refractivity contribution < 1.29 is 38.4 Å². The SMILES string of the molecule is COc1cc(N)c(C(=O)c2nn(COC(=O)c3ccccc3)nc2C(C)OC(=O)O)cc1OC. The van der Waals surface area contributed by atoms with Crippen molar-refractivity contribution in [1.82, 2.24) is 15.0 Å². The quantitative estimate of drug-likeness (QED) is 0.268. The number of nitrogens with two attached hydrogens (primary N) is 1. The van der Waals surface area contributed by atoms with E-state index in [2.05, 4.69) is 10.2 Å². The topological polar surface area (TPSA) is 165 Å². The fourth-order valence-electron chi connectivity index (χ4n) is 3.05. The molecule has 0 saturated heterocycles. The summed E-state index contributed by atoms with van der Waals surface area (Å²) in [7, 11) is 2.82. The Balaban J connectivity index is 1.95. The molecule has 1 aromatic heterocycles. The lowest BCUT2D eigenvalue weighted by Gasteiger charge is -2.12. The Morgan fingerprint density at radius 1 is 1.06 bits per heavy atom. The van der Waals surface area contributed by atoms with Gasteiger partial charge in [0.1, 0.15) is 11.8 Å². The van der Waals surface area contributed by atoms with Crippen molar-refractivity contribution >= 4 is 23.6 Å². The van der Waals surface area contributed by atoms with Gasteiger partial charge in [-0.3, -0.25) is 4.79 Å². The third-order valence-corrected chi connectivity index (χ3v) is 4.68. The Kier molecular flexibility index (Phi) is 7.31. The minimum absolute atomic E-state index is 0.0229. The average molecular weight is 470 g/mol. The molecule has 3 rings (SSSR count). The molecule has 3 N–H and O–H groups in total. The monoisotopic (exact) mass is 470 g/mol. The molecule has 12 heteroatoms. The van der Waals surface area contributed by atoms with Crippen molar-refractivity contribution in [3.8, 4) is 11.5 Å². The first-order chi connectivity index (χ1) is 16.2. The van der Waals surface area contributed by atoms with Crippen LogP contribution in [0.15, 0.2) is 42.5 Å². The first-order valence-electron chi connectivity index (χ1n) is 9.88. The van der Waals surface area contributed by atoms with E-state index in [-0.39, 0.29) is 28.4 Å². The van der Waals surface area contributed by atoms with Crippen LogP contribution < -0.4 is 15.2 Å². The molecule has 178 valence electrons. The van der Waals surface area contributed by atoms with Crippen LogP contribution in [0.5, 0.6) is 11.5 Å². The van der Waals surface area contributed by atoms with Crippen LogP contribution in [0.2, 0.25) is 0 Å². The van der Waals surface area contributed by atoms with Crippen molar-refractivity contribution in [3.63, 3.8) is 0 Å². The van der Waals surface area contributed by atoms with Gasteiger partial charge in [0, 0.05) is 11.8 Å². The van der Waals surface area contributed by atoms with Gasteiger partial charge in [-0.2, -0.15) is 5.10 Å². The molecule has 2 aromatic carbocycles. The molecule has 0 aliphatic heterocycles. The molecule has 3 aromatic rings. The number of benzene rings is 2. The first-order valence-corrected chi connectivity index (χ1v) is 9.88. The standard InChI is InChI=1S/C22H22N4O8/c1-12(34-22(29)30)18-19(20(27)14-9-16(31-2)17(32-3)10-15(14)23)25-26(24-18)11-33-21(28)13-7-5-4-6-8-13/h4-10,12H,11,23H2,1-3H3,(H,29,30). The maximum atomic E-state index is 13.3. The number of anilines is 1. The first kappa shape index (κ1) is 24.0. The van der Waals surface area contributed by atoms with E-state index in [0.717, 1.165) is 4.80 Å². The highest BCUT2D eigenvalue weighted by atomic mass is 16.7. The minimum Gasteiger partial charge on any atom is -0.493 e. The van der Waals surface area contributed by atoms with Crippen LogP contribution in [-0.2, 0) is 16.2 Å². The summed E-state index contributed by atoms with van der Waals surface area (Å²) in [6, 6.07) is 11.0. The molecule has 34 heavy (non-hydrogen) atoms. The van der Waals surface area contributed by atoms with E-state index >= 15 is 0 Å². The molecule has 1 unspecified atom stereocenters. The summed E-state index contributed by atoms with van der Waals surface area (Å²) in [6.45, 7) is 0.947. The maximum Gasteiger partial charge on any atom is 0.506 e. The smallest absolute Gasteiger partial charge is 0.493 e. The van der Waals surface area contributed by atoms with Gasteiger partial charge in [-0.05, 0) is 25.1 Å². The van der Waals surface area contributed by atoms with Gasteiger partial charge in [-0.15, -0.1) is 9.90 Å². The molecule has 0 radical (unpaired) electrons. The van der Waals surface area contributed by atoms with Gasteiger partial charge in [0.05, 0.1) is 25.3 Å². The fraction of sp³-hybridized carbons (Fsp3) is 0.227. The number of ketones is 1. The molecule has 0 aliphatic carbocycles. The average Bonchev–Trinajstić information content (AvgIpc) is 3.26. The van der Waals surface area contributed by atoms with E-state index in [1.807, 2.05) is 0 Å². The molecule has 0 bridgehead atoms. The zero-order valence-corrected chi connectivity index (χ0v) is 18.5. The summed E-state index contributed by atoms with van der Waals surface area (Å²) < 4.78 is 20.3. The number of esters is 1. The molecule has 12 nitrogen and oxygen atoms in total. The number of aromatic nitrogens is 3. The summed E-state index contributed by atoms with van der Waals surface area (Å²) in [5.74, 6) is -0.738. The van der Waals surface area contributed by atoms with Gasteiger partial charge in [0.2, 0.25) is 12.5 Å². The minimum atomic E-state index is -1.57. The van der Waals surface area contributed by atoms with Crippen molar-refractivity contribution in [3.05, 3.63) is 65.0 Å². The number of hydrogen-bond acceptors (Lipinski definition) is 10. The predicted octanol–water partition coefficient (Wildman–Crippen LogP) is 2.68. The molecule has 0 aliphatic rings. The lowest BCUT2D eigenvalue weighted by Crippen LogP contribution is -2.13. The Morgan fingerprint density at radius 3 is 2.32 bits per heavy atom. The molecule has 0 amide bonds. The second-order valence-corrected chi connectivity index (χ2v) is 6.88. The normalized spacial score (nSPS) is 11.4. The molecule has 1 atom stereocenters. The molecule has 1 heterocycles. The highest BCUT2D eigenvalue weighted by Crippen LogP contribution is 2.33. The second kappa shape index (κ2) is 10.3. The summed E-state index contributed by atoms with van der Waals surface area (Å²) in [5.41, 5.74) is 6.12. The van der Waals surface area contributed by atoms with Crippen LogP contribution in [0.25, 0.3) is 0 Å². The summed E-state index contributed by atoms with van der Waals surface area (Å²) in [5, 5.41) is 17.2. The Morgan fingerprint density at radius 2 is 1.71 bits per heavy atom. The van der Waals surface area contributed by atoms with Crippen LogP contribution >= 0.6 is 0 Å². The Labute approximate surface area is 193 Å². The van der Waals surface area contributed by atoms with Crippen LogP contribution in [0.1, 0.15) is 45.1 Å². The van der Waals surface area contributed by atoms with Crippen LogP contribution in [0.4, 0.5) is 10.5 Å². The van der Waals surface area contributed by atoms with Gasteiger partial charge in [0.25, 0.3) is 0 Å². The van der Waals surface area contributed by atoms with E-state index in [9.17, 15) is 14.4 Å². The Hall–Kier alpha value is -4.61. The molecular weight excluding hydrogens is 448 g/mol. The molecular formula is C22H22N4O8. The highest BCUT2D eigenvalue weighted by Gasteiger charge is 2.28. The number of carbonyl (C=O) groups is 3. The van der Waals surface area contributed by atoms with Crippen molar-refractivity contribution in [2.75, 3.05) is 20.0 Å². The third-order valence-electron chi connectivity index (χ3n) is 4.68. The molecule has 0 saturated carbocycles. The van der Waals surface area contributed by atoms with Gasteiger partial charge < -0.3 is 29.8 Å². The summed E-state index contributed by atoms with van der Waals surface area (Å²) in [4.78, 5) is 37.5. The van der Waals surface area contributed by atoms with Gasteiger partial charge in [-0.1, -0.05) is 18.2 Å². The molecule has 0 fully saturated rings. The van der Waals surface area contributed by atoms with E-state index in [0.29, 0.717) is 11.3 Å². The van der Waals surface area contributed by atoms with Crippen molar-refractivity contribution in [2.24, 2.45) is 0 Å². The number of ether oxygens (including phenoxy) is 4. The Bertz CT molecular complexity index is 1210. The zero-order chi connectivity index (χ0) is 24.8. The van der Waals surface area contributed by atoms with Crippen molar-refractivity contribution in [1.29, 1.82) is 0 Å². The summed E-state index contributed by atoms with van der Waals surface area (Å²) >= 11 is 0. The van der Waals surface area contributed by atoms with Gasteiger partial charge in [-0.25, -0.2) is 9.59 Å². The number of rotatable bonds is 9. The number of carboxylic acid groups (broad SMARTS) is 1. The predicted molar refractivity (Wildman–Crippen MR) is 117 cm³/mol. The van der Waals surface area contributed by atoms with E-state index in [4.69, 9.17) is 29.8 Å². The zero-order valence-electron chi connectivity index (χ0n) is 18.5. The second-order valence-electron chi connectivity index (χ2n) is 6.88. The number of nitrogen functional groups attached to an aromatic ring is 1. The lowest BCUT2D eigenvalue weighted by molar-refractivity contribution is 0.0316. The van der Waals surface area contributed by atoms with Gasteiger partial charge in [0.15, 0.2) is 17.2 Å². The number of nitrogens with zero attached hydrogens (tertiary/aromatic N) is 3. The van der Waals surface area contributed by atoms with E-state index in [1.54, 1.807) is 30.3 Å². The third kappa shape index (κ3) is 5.23. The van der Waals surface area contributed by atoms with E-state index in [1.165, 1.54) is 33.3 Å². The van der Waals surface area contributed by atoms with Gasteiger partial charge >= 0.3 is 12.1 Å². The van der Waals surface area contributed by atoms with Crippen molar-refractivity contribution in [2.45, 2.75) is 19.8 Å². The highest BCUT2D eigenvalue weighted by molar-refractivity contribution is 6.12. The molecule has 0 spiro atoms. The van der Waals surface area contributed by atoms with E-state index < -0.39 is 30.7 Å². The fourth-order valence-corrected chi connectivity index (χ4v) is 3.05. The largest absolute Gasteiger partial charge is 0.506 e. The van der Waals surface area contributed by atoms with Crippen LogP contribution in [-0.4, -0.2) is 52.2 Å². The lowest BCUT2D eigenvalue weighted by atomic mass is 10.0. The summed E-state index contributed by atoms with van der Waals surface area (Å²) in [6.07, 6.45) is -2.72. The van der Waals surface area contributed by atoms with Crippen LogP contribution in [0.3, 0.4) is 0 Å². The van der Waals surface area contributed by atoms with Crippen LogP contribution in [0, 0.1) is 0 Å². The number of carbonyl (C=O) groups excluding carboxylic acids is 2. The maximum absolute atomic E-state index is 13.3. The number of methoxy groups -OCH3 is 2. The number of hydrogen-bond donors (Lipinski definition) is 2.